The van der Waals surface area contributed by atoms with E-state index in [2.05, 4.69) is 172 Å². The van der Waals surface area contributed by atoms with Gasteiger partial charge in [-0.05, 0) is 128 Å². The minimum absolute atomic E-state index is 0.0743. The van der Waals surface area contributed by atoms with E-state index >= 15 is 0 Å². The highest BCUT2D eigenvalue weighted by atomic mass is 16.6. The summed E-state index contributed by atoms with van der Waals surface area (Å²) in [5.74, 6) is -0.597. The number of esters is 2. The van der Waals surface area contributed by atoms with Crippen LogP contribution < -0.4 is 0 Å². The van der Waals surface area contributed by atoms with Gasteiger partial charge >= 0.3 is 11.9 Å². The Bertz CT molecular complexity index is 1790. The average Bonchev–Trinajstić information content (AvgIpc) is 3.51. The molecule has 84 heavy (non-hydrogen) atoms. The van der Waals surface area contributed by atoms with Crippen LogP contribution in [0.5, 0.6) is 0 Å². The third-order valence-electron chi connectivity index (χ3n) is 14.8. The number of unbranched alkanes of at least 4 members (excludes halogenated alkanes) is 29. The van der Waals surface area contributed by atoms with Gasteiger partial charge in [0.05, 0.1) is 6.61 Å². The van der Waals surface area contributed by atoms with Crippen molar-refractivity contribution in [2.45, 2.75) is 315 Å². The van der Waals surface area contributed by atoms with E-state index in [1.165, 1.54) is 167 Å². The van der Waals surface area contributed by atoms with Crippen LogP contribution in [0.25, 0.3) is 0 Å². The molecule has 1 N–H and O–H groups in total. The lowest BCUT2D eigenvalue weighted by molar-refractivity contribution is -0.161. The fourth-order valence-electron chi connectivity index (χ4n) is 9.59. The van der Waals surface area contributed by atoms with Crippen LogP contribution in [0.15, 0.2) is 158 Å². The molecule has 0 aromatic rings. The van der Waals surface area contributed by atoms with Crippen LogP contribution in [0.4, 0.5) is 0 Å². The highest BCUT2D eigenvalue weighted by Gasteiger charge is 2.16. The molecular formula is C79H130O5. The maximum absolute atomic E-state index is 12.4. The van der Waals surface area contributed by atoms with Gasteiger partial charge in [0.2, 0.25) is 0 Å². The van der Waals surface area contributed by atoms with Crippen molar-refractivity contribution in [1.29, 1.82) is 0 Å². The topological polar surface area (TPSA) is 72.8 Å². The molecular weight excluding hydrogens is 1030 g/mol. The molecule has 1 unspecified atom stereocenters. The first kappa shape index (κ1) is 79.5. The number of rotatable bonds is 63. The molecule has 0 aromatic carbocycles. The molecule has 0 saturated heterocycles. The summed E-state index contributed by atoms with van der Waals surface area (Å²) in [6, 6.07) is 0. The van der Waals surface area contributed by atoms with Gasteiger partial charge in [-0.25, -0.2) is 0 Å². The predicted octanol–water partition coefficient (Wildman–Crippen LogP) is 24.6. The zero-order chi connectivity index (χ0) is 60.5. The highest BCUT2D eigenvalue weighted by molar-refractivity contribution is 5.70. The van der Waals surface area contributed by atoms with Gasteiger partial charge in [0.15, 0.2) is 6.10 Å². The Kier molecular flexibility index (Phi) is 68.9. The van der Waals surface area contributed by atoms with Crippen molar-refractivity contribution in [2.75, 3.05) is 13.2 Å². The van der Waals surface area contributed by atoms with Crippen molar-refractivity contribution in [3.8, 4) is 0 Å². The summed E-state index contributed by atoms with van der Waals surface area (Å²) < 4.78 is 10.8. The standard InChI is InChI=1S/C79H130O5/c1-3-5-7-9-11-13-15-17-19-21-23-25-27-29-31-33-34-35-36-37-38-39-40-41-42-43-44-46-48-50-52-54-56-58-60-62-64-66-68-70-72-74-79(82)84-77(75-80)76-83-78(81)73-71-69-67-65-63-61-59-57-55-53-51-49-47-45-32-30-28-26-24-22-20-18-16-14-12-10-8-6-4-2/h5,7,11,13,16-19,22-25,28-31,34-35,37-38,40-41,43-44,48,50,77,80H,3-4,6,8-10,12,14-15,20-21,26-27,32-33,36,39,42,45-47,49,51-76H2,1-2H3/b7-5-,13-11-,18-16-,19-17-,24-22-,25-23-,30-28-,31-29-,35-34-,38-37-,41-40-,44-43-,50-48-. The average molecular weight is 1160 g/mol. The number of aliphatic hydroxyl groups excluding tert-OH is 1. The van der Waals surface area contributed by atoms with Gasteiger partial charge in [-0.2, -0.15) is 0 Å². The van der Waals surface area contributed by atoms with Crippen LogP contribution >= 0.6 is 0 Å². The molecule has 0 saturated carbocycles. The Morgan fingerprint density at radius 2 is 0.512 bits per heavy atom. The molecule has 0 heterocycles. The second kappa shape index (κ2) is 72.8. The van der Waals surface area contributed by atoms with Crippen LogP contribution in [0.3, 0.4) is 0 Å². The first-order valence-electron chi connectivity index (χ1n) is 35.0. The smallest absolute Gasteiger partial charge is 0.306 e. The van der Waals surface area contributed by atoms with Crippen LogP contribution in [0.1, 0.15) is 309 Å². The molecule has 0 spiro atoms. The van der Waals surface area contributed by atoms with Crippen molar-refractivity contribution < 1.29 is 24.2 Å². The van der Waals surface area contributed by atoms with Crippen molar-refractivity contribution in [1.82, 2.24) is 0 Å². The summed E-state index contributed by atoms with van der Waals surface area (Å²) in [7, 11) is 0. The highest BCUT2D eigenvalue weighted by Crippen LogP contribution is 2.16. The fourth-order valence-corrected chi connectivity index (χ4v) is 9.59. The lowest BCUT2D eigenvalue weighted by Crippen LogP contribution is -2.28. The normalized spacial score (nSPS) is 13.2. The number of carbonyl (C=O) groups excluding carboxylic acids is 2. The molecule has 0 bridgehead atoms. The molecule has 0 aliphatic rings. The summed E-state index contributed by atoms with van der Waals surface area (Å²) >= 11 is 0. The molecule has 0 amide bonds. The number of allylic oxidation sites excluding steroid dienone is 26. The third-order valence-corrected chi connectivity index (χ3v) is 14.8. The predicted molar refractivity (Wildman–Crippen MR) is 370 cm³/mol. The van der Waals surface area contributed by atoms with Gasteiger partial charge in [-0.1, -0.05) is 326 Å². The SMILES string of the molecule is CC/C=C\C/C=C\C/C=C\C/C=C\C/C=C\C/C=C\C/C=C\C/C=C\C/C=C\C/C=C\CCCCCCCCCCCCC(=O)OC(CO)COC(=O)CCCCCCCCCCCCCCCC/C=C\C/C=C\C/C=C\CCCCCCC. The van der Waals surface area contributed by atoms with Gasteiger partial charge in [-0.3, -0.25) is 9.59 Å². The Hall–Kier alpha value is -4.48. The summed E-state index contributed by atoms with van der Waals surface area (Å²) in [5.41, 5.74) is 0. The molecule has 0 rings (SSSR count). The molecule has 1 atom stereocenters. The van der Waals surface area contributed by atoms with E-state index in [0.29, 0.717) is 12.8 Å². The van der Waals surface area contributed by atoms with E-state index in [-0.39, 0.29) is 25.2 Å². The van der Waals surface area contributed by atoms with Gasteiger partial charge in [0.1, 0.15) is 6.61 Å². The monoisotopic (exact) mass is 1160 g/mol. The number of carbonyl (C=O) groups is 2. The fraction of sp³-hybridized carbons (Fsp3) is 0.646. The van der Waals surface area contributed by atoms with E-state index in [1.807, 2.05) is 0 Å². The van der Waals surface area contributed by atoms with Crippen LogP contribution in [-0.2, 0) is 19.1 Å². The Labute approximate surface area is 520 Å². The molecule has 5 nitrogen and oxygen atoms in total. The number of aliphatic hydroxyl groups is 1. The molecule has 476 valence electrons. The zero-order valence-electron chi connectivity index (χ0n) is 54.6. The number of hydrogen-bond acceptors (Lipinski definition) is 5. The minimum Gasteiger partial charge on any atom is -0.462 e. The van der Waals surface area contributed by atoms with E-state index in [0.717, 1.165) is 116 Å². The first-order valence-corrected chi connectivity index (χ1v) is 35.0. The summed E-state index contributed by atoms with van der Waals surface area (Å²) in [6.07, 6.45) is 111. The molecule has 0 aromatic heterocycles. The number of ether oxygens (including phenoxy) is 2. The first-order chi connectivity index (χ1) is 41.6. The second-order valence-corrected chi connectivity index (χ2v) is 22.9. The van der Waals surface area contributed by atoms with Gasteiger partial charge in [0, 0.05) is 12.8 Å². The summed E-state index contributed by atoms with van der Waals surface area (Å²) in [4.78, 5) is 24.7. The maximum Gasteiger partial charge on any atom is 0.306 e. The lowest BCUT2D eigenvalue weighted by atomic mass is 10.0. The largest absolute Gasteiger partial charge is 0.462 e. The van der Waals surface area contributed by atoms with E-state index in [1.54, 1.807) is 0 Å². The number of hydrogen-bond donors (Lipinski definition) is 1. The summed E-state index contributed by atoms with van der Waals surface area (Å²) in [6.45, 7) is 4.03. The zero-order valence-corrected chi connectivity index (χ0v) is 54.6. The molecule has 5 heteroatoms. The van der Waals surface area contributed by atoms with Crippen LogP contribution in [-0.4, -0.2) is 36.4 Å². The quantitative estimate of drug-likeness (QED) is 0.0373. The maximum atomic E-state index is 12.4. The second-order valence-electron chi connectivity index (χ2n) is 22.9. The molecule has 0 radical (unpaired) electrons. The van der Waals surface area contributed by atoms with E-state index in [4.69, 9.17) is 9.47 Å². The Morgan fingerprint density at radius 1 is 0.286 bits per heavy atom. The van der Waals surface area contributed by atoms with Gasteiger partial charge in [-0.15, -0.1) is 0 Å². The molecule has 0 fully saturated rings. The third kappa shape index (κ3) is 70.0. The molecule has 0 aliphatic heterocycles. The van der Waals surface area contributed by atoms with Crippen LogP contribution in [0, 0.1) is 0 Å². The summed E-state index contributed by atoms with van der Waals surface area (Å²) in [5, 5.41) is 9.70. The minimum atomic E-state index is -0.786. The van der Waals surface area contributed by atoms with Gasteiger partial charge < -0.3 is 14.6 Å². The van der Waals surface area contributed by atoms with E-state index < -0.39 is 6.10 Å². The van der Waals surface area contributed by atoms with Gasteiger partial charge in [0.25, 0.3) is 0 Å². The van der Waals surface area contributed by atoms with Crippen molar-refractivity contribution in [2.24, 2.45) is 0 Å². The van der Waals surface area contributed by atoms with Crippen molar-refractivity contribution in [3.63, 3.8) is 0 Å². The lowest BCUT2D eigenvalue weighted by Gasteiger charge is -2.15. The Balaban J connectivity index is 3.55. The van der Waals surface area contributed by atoms with Crippen molar-refractivity contribution in [3.05, 3.63) is 158 Å². The van der Waals surface area contributed by atoms with E-state index in [9.17, 15) is 14.7 Å². The van der Waals surface area contributed by atoms with Crippen molar-refractivity contribution >= 4 is 11.9 Å². The Morgan fingerprint density at radius 3 is 0.774 bits per heavy atom. The van der Waals surface area contributed by atoms with Crippen LogP contribution in [0.2, 0.25) is 0 Å². The molecule has 0 aliphatic carbocycles.